The minimum Gasteiger partial charge on any atom is -0.494 e. The van der Waals surface area contributed by atoms with Crippen LogP contribution in [-0.2, 0) is 17.6 Å². The summed E-state index contributed by atoms with van der Waals surface area (Å²) < 4.78 is 5.49. The summed E-state index contributed by atoms with van der Waals surface area (Å²) in [4.78, 5) is 11.3. The van der Waals surface area contributed by atoms with Crippen LogP contribution in [0.25, 0.3) is 6.08 Å². The van der Waals surface area contributed by atoms with Crippen molar-refractivity contribution in [2.24, 2.45) is 4.99 Å². The summed E-state index contributed by atoms with van der Waals surface area (Å²) >= 11 is 0. The summed E-state index contributed by atoms with van der Waals surface area (Å²) in [5.74, 6) is 0.773. The molecule has 0 aliphatic carbocycles. The first-order chi connectivity index (χ1) is 12.8. The van der Waals surface area contributed by atoms with Gasteiger partial charge in [-0.25, -0.2) is 4.99 Å². The topological polar surface area (TPSA) is 53.2 Å². The molecule has 2 N–H and O–H groups in total. The third kappa shape index (κ3) is 3.54. The van der Waals surface area contributed by atoms with E-state index in [0.29, 0.717) is 0 Å². The van der Waals surface area contributed by atoms with Crippen LogP contribution in [0.5, 0.6) is 0 Å². The molecule has 0 fully saturated rings. The summed E-state index contributed by atoms with van der Waals surface area (Å²) in [6, 6.07) is 18.7. The number of aliphatic imine (C=N–C) groups is 1. The highest BCUT2D eigenvalue weighted by Gasteiger charge is 2.17. The van der Waals surface area contributed by atoms with Gasteiger partial charge in [-0.15, -0.1) is 0 Å². The summed E-state index contributed by atoms with van der Waals surface area (Å²) in [6.07, 6.45) is 7.88. The monoisotopic (exact) mass is 343 g/mol. The van der Waals surface area contributed by atoms with Gasteiger partial charge in [-0.1, -0.05) is 30.3 Å². The van der Waals surface area contributed by atoms with Crippen molar-refractivity contribution in [3.05, 3.63) is 101 Å². The fourth-order valence-corrected chi connectivity index (χ4v) is 3.07. The molecule has 0 unspecified atom stereocenters. The number of aromatic amines is 2. The summed E-state index contributed by atoms with van der Waals surface area (Å²) in [6.45, 7) is 0. The van der Waals surface area contributed by atoms with E-state index in [1.54, 1.807) is 7.11 Å². The lowest BCUT2D eigenvalue weighted by atomic mass is 10.1. The van der Waals surface area contributed by atoms with E-state index < -0.39 is 0 Å². The Morgan fingerprint density at radius 2 is 1.88 bits per heavy atom. The Balaban J connectivity index is 1.50. The van der Waals surface area contributed by atoms with Crippen molar-refractivity contribution in [3.8, 4) is 0 Å². The quantitative estimate of drug-likeness (QED) is 0.680. The Hall–Kier alpha value is -3.27. The van der Waals surface area contributed by atoms with E-state index in [1.807, 2.05) is 36.5 Å². The number of methoxy groups -OCH3 is 1. The van der Waals surface area contributed by atoms with Crippen molar-refractivity contribution in [2.45, 2.75) is 12.8 Å². The molecule has 3 aromatic rings. The maximum absolute atomic E-state index is 5.49. The summed E-state index contributed by atoms with van der Waals surface area (Å²) in [7, 11) is 1.67. The van der Waals surface area contributed by atoms with Crippen molar-refractivity contribution >= 4 is 11.8 Å². The predicted molar refractivity (Wildman–Crippen MR) is 105 cm³/mol. The van der Waals surface area contributed by atoms with Crippen LogP contribution in [0.2, 0.25) is 0 Å². The Labute approximate surface area is 153 Å². The van der Waals surface area contributed by atoms with Crippen LogP contribution in [-0.4, -0.2) is 22.8 Å². The third-order valence-electron chi connectivity index (χ3n) is 4.44. The molecule has 0 spiro atoms. The Bertz CT molecular complexity index is 960. The molecule has 0 amide bonds. The molecule has 1 aliphatic rings. The van der Waals surface area contributed by atoms with Gasteiger partial charge in [0.2, 0.25) is 0 Å². The van der Waals surface area contributed by atoms with Gasteiger partial charge in [0.1, 0.15) is 11.5 Å². The molecule has 0 saturated heterocycles. The zero-order valence-corrected chi connectivity index (χ0v) is 14.7. The van der Waals surface area contributed by atoms with E-state index in [9.17, 15) is 0 Å². The maximum atomic E-state index is 5.49. The average Bonchev–Trinajstić information content (AvgIpc) is 3.42. The molecular weight excluding hydrogens is 322 g/mol. The Kier molecular flexibility index (Phi) is 4.56. The standard InChI is InChI=1S/C22H21N3O/c1-26-22-15-20(19-8-5-13-23-19)25-21(22)14-18-12-11-17(24-18)10-9-16-6-3-2-4-7-16/h2-8,11-15,23-24H,9-10H2,1H3/b21-14+. The van der Waals surface area contributed by atoms with Gasteiger partial charge in [-0.05, 0) is 48.7 Å². The first-order valence-corrected chi connectivity index (χ1v) is 8.74. The van der Waals surface area contributed by atoms with E-state index in [4.69, 9.17) is 4.74 Å². The van der Waals surface area contributed by atoms with Crippen LogP contribution in [0.1, 0.15) is 22.6 Å². The number of aromatic nitrogens is 2. The molecule has 130 valence electrons. The normalized spacial score (nSPS) is 15.2. The first kappa shape index (κ1) is 16.2. The van der Waals surface area contributed by atoms with E-state index in [2.05, 4.69) is 51.4 Å². The number of nitrogens with zero attached hydrogens (tertiary/aromatic N) is 1. The Morgan fingerprint density at radius 3 is 2.65 bits per heavy atom. The molecule has 3 heterocycles. The SMILES string of the molecule is COC1=CC(c2ccc[nH]2)=N/C1=C/c1ccc(CCc2ccccc2)[nH]1. The molecule has 0 atom stereocenters. The maximum Gasteiger partial charge on any atom is 0.146 e. The van der Waals surface area contributed by atoms with Gasteiger partial charge >= 0.3 is 0 Å². The lowest BCUT2D eigenvalue weighted by Gasteiger charge is -2.01. The van der Waals surface area contributed by atoms with Gasteiger partial charge in [0.25, 0.3) is 0 Å². The number of hydrogen-bond acceptors (Lipinski definition) is 2. The molecule has 4 rings (SSSR count). The van der Waals surface area contributed by atoms with Crippen LogP contribution < -0.4 is 0 Å². The number of aryl methyl sites for hydroxylation is 2. The second-order valence-corrected chi connectivity index (χ2v) is 6.25. The van der Waals surface area contributed by atoms with Crippen LogP contribution in [0.15, 0.2) is 83.3 Å². The number of nitrogens with one attached hydrogen (secondary N) is 2. The molecule has 0 bridgehead atoms. The van der Waals surface area contributed by atoms with E-state index in [-0.39, 0.29) is 0 Å². The Morgan fingerprint density at radius 1 is 1.00 bits per heavy atom. The lowest BCUT2D eigenvalue weighted by Crippen LogP contribution is -1.93. The van der Waals surface area contributed by atoms with Crippen LogP contribution in [0.4, 0.5) is 0 Å². The highest BCUT2D eigenvalue weighted by atomic mass is 16.5. The van der Waals surface area contributed by atoms with Crippen LogP contribution in [0, 0.1) is 0 Å². The molecule has 26 heavy (non-hydrogen) atoms. The second kappa shape index (κ2) is 7.31. The molecule has 0 radical (unpaired) electrons. The summed E-state index contributed by atoms with van der Waals surface area (Å²) in [5.41, 5.74) is 6.29. The zero-order valence-electron chi connectivity index (χ0n) is 14.7. The predicted octanol–water partition coefficient (Wildman–Crippen LogP) is 4.50. The smallest absolute Gasteiger partial charge is 0.146 e. The summed E-state index contributed by atoms with van der Waals surface area (Å²) in [5, 5.41) is 0. The van der Waals surface area contributed by atoms with Crippen molar-refractivity contribution in [1.29, 1.82) is 0 Å². The van der Waals surface area contributed by atoms with E-state index >= 15 is 0 Å². The third-order valence-corrected chi connectivity index (χ3v) is 4.44. The van der Waals surface area contributed by atoms with Gasteiger partial charge in [-0.3, -0.25) is 0 Å². The number of ether oxygens (including phenoxy) is 1. The number of benzene rings is 1. The van der Waals surface area contributed by atoms with E-state index in [0.717, 1.165) is 41.4 Å². The molecule has 1 aromatic carbocycles. The van der Waals surface area contributed by atoms with Gasteiger partial charge in [0.05, 0.1) is 18.5 Å². The number of hydrogen-bond donors (Lipinski definition) is 2. The van der Waals surface area contributed by atoms with Gasteiger partial charge in [-0.2, -0.15) is 0 Å². The zero-order chi connectivity index (χ0) is 17.8. The highest BCUT2D eigenvalue weighted by molar-refractivity contribution is 6.11. The van der Waals surface area contributed by atoms with Gasteiger partial charge in [0, 0.05) is 23.7 Å². The number of allylic oxidation sites excluding steroid dienone is 1. The van der Waals surface area contributed by atoms with E-state index in [1.165, 1.54) is 11.3 Å². The van der Waals surface area contributed by atoms with Gasteiger partial charge < -0.3 is 14.7 Å². The fraction of sp³-hybridized carbons (Fsp3) is 0.136. The van der Waals surface area contributed by atoms with Crippen molar-refractivity contribution in [1.82, 2.24) is 9.97 Å². The molecular formula is C22H21N3O. The van der Waals surface area contributed by atoms with Crippen molar-refractivity contribution < 1.29 is 4.74 Å². The molecule has 2 aromatic heterocycles. The molecule has 4 heteroatoms. The van der Waals surface area contributed by atoms with Crippen molar-refractivity contribution in [2.75, 3.05) is 7.11 Å². The first-order valence-electron chi connectivity index (χ1n) is 8.74. The average molecular weight is 343 g/mol. The fourth-order valence-electron chi connectivity index (χ4n) is 3.07. The lowest BCUT2D eigenvalue weighted by molar-refractivity contribution is 0.303. The molecule has 4 nitrogen and oxygen atoms in total. The minimum absolute atomic E-state index is 0.773. The number of H-pyrrole nitrogens is 2. The second-order valence-electron chi connectivity index (χ2n) is 6.25. The minimum atomic E-state index is 0.773. The largest absolute Gasteiger partial charge is 0.494 e. The number of rotatable bonds is 6. The highest BCUT2D eigenvalue weighted by Crippen LogP contribution is 2.24. The van der Waals surface area contributed by atoms with Crippen molar-refractivity contribution in [3.63, 3.8) is 0 Å². The van der Waals surface area contributed by atoms with Crippen LogP contribution >= 0.6 is 0 Å². The molecule has 0 saturated carbocycles. The molecule has 1 aliphatic heterocycles. The van der Waals surface area contributed by atoms with Gasteiger partial charge in [0.15, 0.2) is 0 Å². The van der Waals surface area contributed by atoms with Crippen LogP contribution in [0.3, 0.4) is 0 Å².